The third kappa shape index (κ3) is 5.00. The fourth-order valence-corrected chi connectivity index (χ4v) is 3.57. The first-order chi connectivity index (χ1) is 15.5. The van der Waals surface area contributed by atoms with E-state index in [4.69, 9.17) is 0 Å². The minimum absolute atomic E-state index is 0.287. The van der Waals surface area contributed by atoms with Gasteiger partial charge in [0.25, 0.3) is 5.91 Å². The van der Waals surface area contributed by atoms with Gasteiger partial charge in [-0.1, -0.05) is 48.5 Å². The number of rotatable bonds is 6. The number of nitrogens with one attached hydrogen (secondary N) is 1. The fourth-order valence-electron chi connectivity index (χ4n) is 3.57. The van der Waals surface area contributed by atoms with Crippen molar-refractivity contribution in [3.8, 4) is 0 Å². The molecule has 3 amide bonds. The Balaban J connectivity index is 1.35. The smallest absolute Gasteiger partial charge is 0.312 e. The Kier molecular flexibility index (Phi) is 6.26. The minimum Gasteiger partial charge on any atom is -0.328 e. The zero-order chi connectivity index (χ0) is 22.5. The van der Waals surface area contributed by atoms with Gasteiger partial charge in [-0.05, 0) is 41.5 Å². The average Bonchev–Trinajstić information content (AvgIpc) is 2.80. The molecule has 162 valence electrons. The van der Waals surface area contributed by atoms with Gasteiger partial charge in [0.2, 0.25) is 0 Å². The molecule has 1 saturated heterocycles. The molecule has 3 aromatic rings. The first kappa shape index (κ1) is 21.2. The molecule has 0 atom stereocenters. The van der Waals surface area contributed by atoms with Gasteiger partial charge in [-0.3, -0.25) is 14.4 Å². The van der Waals surface area contributed by atoms with Crippen LogP contribution in [0.15, 0.2) is 78.9 Å². The van der Waals surface area contributed by atoms with Crippen molar-refractivity contribution in [1.29, 1.82) is 0 Å². The molecule has 3 aromatic carbocycles. The molecular weight excluding hydrogens is 409 g/mol. The summed E-state index contributed by atoms with van der Waals surface area (Å²) >= 11 is 0. The molecule has 1 fully saturated rings. The maximum atomic E-state index is 13.3. The zero-order valence-corrected chi connectivity index (χ0v) is 17.3. The summed E-state index contributed by atoms with van der Waals surface area (Å²) in [6.07, 6.45) is 0. The van der Waals surface area contributed by atoms with E-state index in [-0.39, 0.29) is 12.5 Å². The first-order valence-electron chi connectivity index (χ1n) is 10.3. The number of amides is 3. The Labute approximate surface area is 185 Å². The second kappa shape index (κ2) is 9.43. The fraction of sp³-hybridized carbons (Fsp3) is 0.160. The van der Waals surface area contributed by atoms with Gasteiger partial charge >= 0.3 is 11.8 Å². The summed E-state index contributed by atoms with van der Waals surface area (Å²) in [6.45, 7) is 1.61. The van der Waals surface area contributed by atoms with Crippen LogP contribution in [0.25, 0.3) is 0 Å². The Morgan fingerprint density at radius 2 is 1.38 bits per heavy atom. The van der Waals surface area contributed by atoms with Crippen LogP contribution in [0.3, 0.4) is 0 Å². The molecule has 0 aliphatic carbocycles. The second-order valence-electron chi connectivity index (χ2n) is 7.60. The summed E-state index contributed by atoms with van der Waals surface area (Å²) in [6, 6.07) is 22.0. The van der Waals surface area contributed by atoms with Gasteiger partial charge < -0.3 is 15.1 Å². The Hall–Kier alpha value is -4.00. The second-order valence-corrected chi connectivity index (χ2v) is 7.60. The maximum Gasteiger partial charge on any atom is 0.312 e. The van der Waals surface area contributed by atoms with Crippen molar-refractivity contribution in [3.63, 3.8) is 0 Å². The molecule has 6 nitrogen and oxygen atoms in total. The van der Waals surface area contributed by atoms with E-state index in [1.165, 1.54) is 23.1 Å². The van der Waals surface area contributed by atoms with Gasteiger partial charge in [0, 0.05) is 37.4 Å². The predicted octanol–water partition coefficient (Wildman–Crippen LogP) is 3.45. The number of carbonyl (C=O) groups is 3. The highest BCUT2D eigenvalue weighted by Gasteiger charge is 2.32. The van der Waals surface area contributed by atoms with Crippen molar-refractivity contribution < 1.29 is 18.8 Å². The molecule has 1 heterocycles. The van der Waals surface area contributed by atoms with E-state index < -0.39 is 17.6 Å². The standard InChI is InChI=1S/C25H22FN3O3/c26-21-7-4-8-22(15-21)27-23(30)20-11-9-19(10-12-20)17-29-14-13-28(24(31)25(29)32)16-18-5-2-1-3-6-18/h1-12,15H,13-14,16-17H2,(H,27,30). The predicted molar refractivity (Wildman–Crippen MR) is 118 cm³/mol. The highest BCUT2D eigenvalue weighted by atomic mass is 19.1. The number of anilines is 1. The van der Waals surface area contributed by atoms with Gasteiger partial charge in [-0.2, -0.15) is 0 Å². The van der Waals surface area contributed by atoms with Crippen LogP contribution in [0.1, 0.15) is 21.5 Å². The molecule has 7 heteroatoms. The van der Waals surface area contributed by atoms with Crippen molar-refractivity contribution in [2.45, 2.75) is 13.1 Å². The summed E-state index contributed by atoms with van der Waals surface area (Å²) in [7, 11) is 0. The number of hydrogen-bond acceptors (Lipinski definition) is 3. The van der Waals surface area contributed by atoms with Crippen LogP contribution in [0.5, 0.6) is 0 Å². The first-order valence-corrected chi connectivity index (χ1v) is 10.3. The molecule has 0 radical (unpaired) electrons. The van der Waals surface area contributed by atoms with Crippen molar-refractivity contribution in [2.24, 2.45) is 0 Å². The summed E-state index contributed by atoms with van der Waals surface area (Å²) in [5, 5.41) is 2.64. The molecule has 32 heavy (non-hydrogen) atoms. The average molecular weight is 431 g/mol. The Morgan fingerprint density at radius 3 is 1.97 bits per heavy atom. The largest absolute Gasteiger partial charge is 0.328 e. The van der Waals surface area contributed by atoms with Crippen molar-refractivity contribution >= 4 is 23.4 Å². The van der Waals surface area contributed by atoms with Crippen LogP contribution in [0.4, 0.5) is 10.1 Å². The van der Waals surface area contributed by atoms with Crippen molar-refractivity contribution in [3.05, 3.63) is 101 Å². The molecule has 0 bridgehead atoms. The van der Waals surface area contributed by atoms with Gasteiger partial charge in [-0.15, -0.1) is 0 Å². The lowest BCUT2D eigenvalue weighted by molar-refractivity contribution is -0.156. The van der Waals surface area contributed by atoms with Crippen LogP contribution in [-0.2, 0) is 22.7 Å². The number of nitrogens with zero attached hydrogens (tertiary/aromatic N) is 2. The molecule has 1 aliphatic heterocycles. The van der Waals surface area contributed by atoms with E-state index in [9.17, 15) is 18.8 Å². The van der Waals surface area contributed by atoms with Crippen molar-refractivity contribution in [1.82, 2.24) is 9.80 Å². The highest BCUT2D eigenvalue weighted by Crippen LogP contribution is 2.16. The zero-order valence-electron chi connectivity index (χ0n) is 17.3. The number of benzene rings is 3. The quantitative estimate of drug-likeness (QED) is 0.608. The van der Waals surface area contributed by atoms with Gasteiger partial charge in [0.05, 0.1) is 0 Å². The van der Waals surface area contributed by atoms with E-state index in [2.05, 4.69) is 5.32 Å². The maximum absolute atomic E-state index is 13.3. The van der Waals surface area contributed by atoms with E-state index in [0.29, 0.717) is 30.9 Å². The van der Waals surface area contributed by atoms with E-state index in [1.54, 1.807) is 35.2 Å². The molecule has 1 N–H and O–H groups in total. The van der Waals surface area contributed by atoms with Gasteiger partial charge in [0.1, 0.15) is 5.82 Å². The lowest BCUT2D eigenvalue weighted by Crippen LogP contribution is -2.53. The third-order valence-corrected chi connectivity index (χ3v) is 5.29. The van der Waals surface area contributed by atoms with Crippen LogP contribution >= 0.6 is 0 Å². The monoisotopic (exact) mass is 431 g/mol. The molecule has 0 spiro atoms. The van der Waals surface area contributed by atoms with Gasteiger partial charge in [0.15, 0.2) is 0 Å². The van der Waals surface area contributed by atoms with Crippen LogP contribution in [-0.4, -0.2) is 40.6 Å². The number of halogens is 1. The van der Waals surface area contributed by atoms with E-state index in [0.717, 1.165) is 11.1 Å². The van der Waals surface area contributed by atoms with E-state index in [1.807, 2.05) is 30.3 Å². The van der Waals surface area contributed by atoms with Crippen LogP contribution < -0.4 is 5.32 Å². The molecule has 1 aliphatic rings. The van der Waals surface area contributed by atoms with Crippen LogP contribution in [0, 0.1) is 5.82 Å². The lowest BCUT2D eigenvalue weighted by Gasteiger charge is -2.33. The normalized spacial score (nSPS) is 13.9. The molecular formula is C25H22FN3O3. The minimum atomic E-state index is -0.528. The SMILES string of the molecule is O=C(Nc1cccc(F)c1)c1ccc(CN2CCN(Cc3ccccc3)C(=O)C2=O)cc1. The molecule has 0 saturated carbocycles. The Bertz CT molecular complexity index is 1130. The van der Waals surface area contributed by atoms with Crippen LogP contribution in [0.2, 0.25) is 0 Å². The third-order valence-electron chi connectivity index (χ3n) is 5.29. The highest BCUT2D eigenvalue weighted by molar-refractivity contribution is 6.35. The Morgan fingerprint density at radius 1 is 0.781 bits per heavy atom. The number of piperazine rings is 1. The molecule has 0 unspecified atom stereocenters. The lowest BCUT2D eigenvalue weighted by atomic mass is 10.1. The summed E-state index contributed by atoms with van der Waals surface area (Å²) < 4.78 is 13.3. The number of carbonyl (C=O) groups excluding carboxylic acids is 3. The topological polar surface area (TPSA) is 69.7 Å². The summed E-state index contributed by atoms with van der Waals surface area (Å²) in [5.74, 6) is -1.82. The number of hydrogen-bond donors (Lipinski definition) is 1. The van der Waals surface area contributed by atoms with Gasteiger partial charge in [-0.25, -0.2) is 4.39 Å². The molecule has 4 rings (SSSR count). The summed E-state index contributed by atoms with van der Waals surface area (Å²) in [5.41, 5.74) is 2.57. The van der Waals surface area contributed by atoms with Crippen molar-refractivity contribution in [2.75, 3.05) is 18.4 Å². The summed E-state index contributed by atoms with van der Waals surface area (Å²) in [4.78, 5) is 40.5. The molecule has 0 aromatic heterocycles. The van der Waals surface area contributed by atoms with E-state index >= 15 is 0 Å².